The van der Waals surface area contributed by atoms with E-state index in [-0.39, 0.29) is 58.4 Å². The molecule has 1 aromatic rings. The molecule has 3 fully saturated rings. The standard InChI is InChI=1S/C20H22BrNO5/c1-9(2)8-26-19(24)10-3-5-11(6-4-10)22-18(23)14-12-7-13-15(14)20(25)27-17(13)16(12)21/h3-6,9,12-17H,7-8H2,1-2H3,(H,22,23)/t12-,13+,14-,15-,16+,17-/m0/s1. The number of alkyl halides is 1. The van der Waals surface area contributed by atoms with Crippen LogP contribution in [-0.4, -0.2) is 35.4 Å². The van der Waals surface area contributed by atoms with Gasteiger partial charge in [-0.05, 0) is 42.5 Å². The summed E-state index contributed by atoms with van der Waals surface area (Å²) >= 11 is 3.61. The molecule has 7 heteroatoms. The van der Waals surface area contributed by atoms with Crippen LogP contribution in [0, 0.1) is 29.6 Å². The van der Waals surface area contributed by atoms with Crippen molar-refractivity contribution in [1.82, 2.24) is 0 Å². The maximum absolute atomic E-state index is 12.8. The molecule has 2 aliphatic carbocycles. The second-order valence-corrected chi connectivity index (χ2v) is 9.08. The van der Waals surface area contributed by atoms with Crippen molar-refractivity contribution in [2.75, 3.05) is 11.9 Å². The minimum atomic E-state index is -0.378. The molecule has 3 aliphatic rings. The Morgan fingerprint density at radius 3 is 2.63 bits per heavy atom. The Kier molecular flexibility index (Phi) is 4.74. The minimum absolute atomic E-state index is 0.0408. The number of anilines is 1. The number of ether oxygens (including phenoxy) is 2. The summed E-state index contributed by atoms with van der Waals surface area (Å²) in [6, 6.07) is 6.62. The average Bonchev–Trinajstić information content (AvgIpc) is 3.24. The van der Waals surface area contributed by atoms with Gasteiger partial charge in [0.25, 0.3) is 0 Å². The Morgan fingerprint density at radius 2 is 1.96 bits per heavy atom. The quantitative estimate of drug-likeness (QED) is 0.567. The van der Waals surface area contributed by atoms with Crippen molar-refractivity contribution in [1.29, 1.82) is 0 Å². The summed E-state index contributed by atoms with van der Waals surface area (Å²) in [5.41, 5.74) is 1.04. The Balaban J connectivity index is 1.42. The van der Waals surface area contributed by atoms with Crippen molar-refractivity contribution in [2.45, 2.75) is 31.2 Å². The van der Waals surface area contributed by atoms with Gasteiger partial charge in [0.1, 0.15) is 6.10 Å². The Bertz CT molecular complexity index is 777. The number of hydrogen-bond donors (Lipinski definition) is 1. The topological polar surface area (TPSA) is 81.7 Å². The maximum Gasteiger partial charge on any atom is 0.338 e. The molecule has 1 saturated heterocycles. The van der Waals surface area contributed by atoms with Crippen molar-refractivity contribution in [3.05, 3.63) is 29.8 Å². The molecule has 0 unspecified atom stereocenters. The Hall–Kier alpha value is -1.89. The molecule has 2 bridgehead atoms. The molecule has 0 aromatic heterocycles. The lowest BCUT2D eigenvalue weighted by Gasteiger charge is -2.27. The second kappa shape index (κ2) is 6.93. The van der Waals surface area contributed by atoms with Crippen LogP contribution in [0.2, 0.25) is 0 Å². The highest BCUT2D eigenvalue weighted by Crippen LogP contribution is 2.60. The fourth-order valence-corrected chi connectivity index (χ4v) is 5.62. The molecule has 1 amide bonds. The van der Waals surface area contributed by atoms with E-state index in [0.717, 1.165) is 6.42 Å². The lowest BCUT2D eigenvalue weighted by Crippen LogP contribution is -2.40. The van der Waals surface area contributed by atoms with E-state index in [1.54, 1.807) is 24.3 Å². The van der Waals surface area contributed by atoms with Gasteiger partial charge in [0.2, 0.25) is 5.91 Å². The number of carbonyl (C=O) groups excluding carboxylic acids is 3. The smallest absolute Gasteiger partial charge is 0.338 e. The zero-order chi connectivity index (χ0) is 19.3. The van der Waals surface area contributed by atoms with Crippen molar-refractivity contribution >= 4 is 39.5 Å². The molecule has 2 saturated carbocycles. The van der Waals surface area contributed by atoms with E-state index in [1.165, 1.54) is 0 Å². The number of amides is 1. The first kappa shape index (κ1) is 18.5. The summed E-state index contributed by atoms with van der Waals surface area (Å²) < 4.78 is 10.6. The average molecular weight is 436 g/mol. The normalized spacial score (nSPS) is 33.3. The lowest BCUT2D eigenvalue weighted by molar-refractivity contribution is -0.145. The molecule has 144 valence electrons. The predicted molar refractivity (Wildman–Crippen MR) is 101 cm³/mol. The fraction of sp³-hybridized carbons (Fsp3) is 0.550. The van der Waals surface area contributed by atoms with Gasteiger partial charge >= 0.3 is 11.9 Å². The van der Waals surface area contributed by atoms with Crippen LogP contribution in [0.5, 0.6) is 0 Å². The van der Waals surface area contributed by atoms with Gasteiger partial charge in [-0.3, -0.25) is 9.59 Å². The van der Waals surface area contributed by atoms with E-state index >= 15 is 0 Å². The van der Waals surface area contributed by atoms with Gasteiger partial charge in [0, 0.05) is 11.6 Å². The van der Waals surface area contributed by atoms with Crippen molar-refractivity contribution in [2.24, 2.45) is 29.6 Å². The third-order valence-corrected chi connectivity index (χ3v) is 6.96. The van der Waals surface area contributed by atoms with Gasteiger partial charge < -0.3 is 14.8 Å². The van der Waals surface area contributed by atoms with E-state index in [2.05, 4.69) is 21.2 Å². The summed E-state index contributed by atoms with van der Waals surface area (Å²) in [6.45, 7) is 4.32. The molecule has 6 atom stereocenters. The third kappa shape index (κ3) is 3.16. The molecule has 4 rings (SSSR count). The summed E-state index contributed by atoms with van der Waals surface area (Å²) in [4.78, 5) is 37.0. The van der Waals surface area contributed by atoms with Crippen LogP contribution in [0.1, 0.15) is 30.6 Å². The first-order valence-electron chi connectivity index (χ1n) is 9.29. The molecule has 1 N–H and O–H groups in total. The SMILES string of the molecule is CC(C)COC(=O)c1ccc(NC(=O)[C@H]2[C@@H]3C[C@H]4[C@H](OC(=O)[C@@H]42)[C@@H]3Br)cc1. The molecule has 0 spiro atoms. The molecule has 27 heavy (non-hydrogen) atoms. The van der Waals surface area contributed by atoms with Crippen molar-refractivity contribution in [3.63, 3.8) is 0 Å². The summed E-state index contributed by atoms with van der Waals surface area (Å²) in [7, 11) is 0. The van der Waals surface area contributed by atoms with Crippen molar-refractivity contribution < 1.29 is 23.9 Å². The summed E-state index contributed by atoms with van der Waals surface area (Å²) in [5, 5.41) is 2.89. The van der Waals surface area contributed by atoms with E-state index in [1.807, 2.05) is 13.8 Å². The Labute approximate surface area is 166 Å². The van der Waals surface area contributed by atoms with E-state index in [4.69, 9.17) is 9.47 Å². The monoisotopic (exact) mass is 435 g/mol. The number of carbonyl (C=O) groups is 3. The fourth-order valence-electron chi connectivity index (χ4n) is 4.57. The van der Waals surface area contributed by atoms with E-state index in [9.17, 15) is 14.4 Å². The molecule has 1 aliphatic heterocycles. The Morgan fingerprint density at radius 1 is 1.26 bits per heavy atom. The van der Waals surface area contributed by atoms with Crippen LogP contribution in [0.3, 0.4) is 0 Å². The maximum atomic E-state index is 12.8. The van der Waals surface area contributed by atoms with Crippen LogP contribution in [0.4, 0.5) is 5.69 Å². The van der Waals surface area contributed by atoms with E-state index < -0.39 is 0 Å². The van der Waals surface area contributed by atoms with Crippen LogP contribution in [0.15, 0.2) is 24.3 Å². The largest absolute Gasteiger partial charge is 0.462 e. The zero-order valence-electron chi connectivity index (χ0n) is 15.2. The molecule has 1 heterocycles. The molecule has 1 aromatic carbocycles. The number of halogens is 1. The lowest BCUT2D eigenvalue weighted by atomic mass is 9.79. The number of esters is 2. The first-order valence-corrected chi connectivity index (χ1v) is 10.2. The zero-order valence-corrected chi connectivity index (χ0v) is 16.8. The highest BCUT2D eigenvalue weighted by atomic mass is 79.9. The molecule has 0 radical (unpaired) electrons. The summed E-state index contributed by atoms with van der Waals surface area (Å²) in [6.07, 6.45) is 0.753. The number of fused-ring (bicyclic) bond motifs is 1. The highest BCUT2D eigenvalue weighted by molar-refractivity contribution is 9.09. The number of benzene rings is 1. The minimum Gasteiger partial charge on any atom is -0.462 e. The van der Waals surface area contributed by atoms with Gasteiger partial charge in [-0.25, -0.2) is 4.79 Å². The van der Waals surface area contributed by atoms with Gasteiger partial charge in [0.05, 0.1) is 28.8 Å². The third-order valence-electron chi connectivity index (χ3n) is 5.76. The van der Waals surface area contributed by atoms with Crippen LogP contribution in [-0.2, 0) is 19.1 Å². The second-order valence-electron chi connectivity index (χ2n) is 8.02. The summed E-state index contributed by atoms with van der Waals surface area (Å²) in [5.74, 6) is -0.976. The van der Waals surface area contributed by atoms with Gasteiger partial charge in [-0.15, -0.1) is 0 Å². The van der Waals surface area contributed by atoms with Gasteiger partial charge in [-0.1, -0.05) is 29.8 Å². The molecule has 6 nitrogen and oxygen atoms in total. The van der Waals surface area contributed by atoms with Gasteiger partial charge in [0.15, 0.2) is 0 Å². The highest BCUT2D eigenvalue weighted by Gasteiger charge is 2.67. The van der Waals surface area contributed by atoms with Gasteiger partial charge in [-0.2, -0.15) is 0 Å². The molecular formula is C20H22BrNO5. The number of nitrogens with one attached hydrogen (secondary N) is 1. The first-order chi connectivity index (χ1) is 12.9. The number of hydrogen-bond acceptors (Lipinski definition) is 5. The van der Waals surface area contributed by atoms with Crippen LogP contribution >= 0.6 is 15.9 Å². The van der Waals surface area contributed by atoms with Crippen molar-refractivity contribution in [3.8, 4) is 0 Å². The van der Waals surface area contributed by atoms with Crippen LogP contribution in [0.25, 0.3) is 0 Å². The van der Waals surface area contributed by atoms with E-state index in [0.29, 0.717) is 17.9 Å². The predicted octanol–water partition coefficient (Wildman–Crippen LogP) is 3.01. The number of rotatable bonds is 5. The molecular weight excluding hydrogens is 414 g/mol. The van der Waals surface area contributed by atoms with Crippen LogP contribution < -0.4 is 5.32 Å².